The Balaban J connectivity index is 0.00000144. The predicted molar refractivity (Wildman–Crippen MR) is 87.4 cm³/mol. The van der Waals surface area contributed by atoms with Crippen molar-refractivity contribution < 1.29 is 9.21 Å². The van der Waals surface area contributed by atoms with Gasteiger partial charge in [0.2, 0.25) is 5.91 Å². The third-order valence-electron chi connectivity index (χ3n) is 5.26. The first-order valence-electron chi connectivity index (χ1n) is 8.33. The molecule has 2 N–H and O–H groups in total. The Hall–Kier alpha value is -1.00. The van der Waals surface area contributed by atoms with E-state index in [1.807, 2.05) is 0 Å². The minimum absolute atomic E-state index is 0. The van der Waals surface area contributed by atoms with Gasteiger partial charge in [0, 0.05) is 30.3 Å². The molecule has 2 saturated carbocycles. The van der Waals surface area contributed by atoms with Crippen molar-refractivity contribution in [3.8, 4) is 0 Å². The largest absolute Gasteiger partial charge is 0.465 e. The number of piperidine rings is 1. The molecular weight excluding hydrogens is 300 g/mol. The van der Waals surface area contributed by atoms with E-state index < -0.39 is 0 Å². The molecule has 122 valence electrons. The van der Waals surface area contributed by atoms with Crippen LogP contribution in [0, 0.1) is 11.8 Å². The number of carbonyl (C=O) groups is 1. The summed E-state index contributed by atoms with van der Waals surface area (Å²) in [4.78, 5) is 12.3. The number of hydrogen-bond donors (Lipinski definition) is 2. The fraction of sp³-hybridized carbons (Fsp3) is 0.706. The average molecular weight is 325 g/mol. The highest BCUT2D eigenvalue weighted by Gasteiger charge is 2.47. The fourth-order valence-electron chi connectivity index (χ4n) is 3.57. The molecule has 1 saturated heterocycles. The molecule has 1 aromatic rings. The van der Waals surface area contributed by atoms with Crippen molar-refractivity contribution in [1.29, 1.82) is 0 Å². The Bertz CT molecular complexity index is 539. The number of nitrogens with one attached hydrogen (secondary N) is 2. The van der Waals surface area contributed by atoms with Crippen LogP contribution >= 0.6 is 12.4 Å². The first-order chi connectivity index (χ1) is 10.2. The molecular formula is C17H25ClN2O2. The van der Waals surface area contributed by atoms with Gasteiger partial charge < -0.3 is 15.1 Å². The Morgan fingerprint density at radius 2 is 2.00 bits per heavy atom. The minimum atomic E-state index is 0. The molecule has 22 heavy (non-hydrogen) atoms. The van der Waals surface area contributed by atoms with Crippen molar-refractivity contribution in [2.24, 2.45) is 11.8 Å². The summed E-state index contributed by atoms with van der Waals surface area (Å²) in [5.74, 6) is 4.18. The topological polar surface area (TPSA) is 54.3 Å². The molecule has 1 aliphatic heterocycles. The van der Waals surface area contributed by atoms with Crippen molar-refractivity contribution in [3.05, 3.63) is 23.7 Å². The van der Waals surface area contributed by atoms with Gasteiger partial charge in [-0.05, 0) is 50.3 Å². The van der Waals surface area contributed by atoms with Crippen molar-refractivity contribution in [3.63, 3.8) is 0 Å². The van der Waals surface area contributed by atoms with Crippen LogP contribution in [0.15, 0.2) is 16.5 Å². The van der Waals surface area contributed by atoms with Crippen molar-refractivity contribution in [2.75, 3.05) is 13.1 Å². The Kier molecular flexibility index (Phi) is 4.51. The maximum Gasteiger partial charge on any atom is 0.224 e. The second-order valence-corrected chi connectivity index (χ2v) is 7.06. The van der Waals surface area contributed by atoms with Crippen LogP contribution in [0.2, 0.25) is 0 Å². The van der Waals surface area contributed by atoms with Gasteiger partial charge >= 0.3 is 0 Å². The predicted octanol–water partition coefficient (Wildman–Crippen LogP) is 2.80. The molecule has 3 fully saturated rings. The molecule has 5 heteroatoms. The quantitative estimate of drug-likeness (QED) is 0.895. The molecule has 2 aliphatic carbocycles. The Morgan fingerprint density at radius 3 is 2.64 bits per heavy atom. The van der Waals surface area contributed by atoms with E-state index in [-0.39, 0.29) is 24.2 Å². The van der Waals surface area contributed by atoms with E-state index in [0.717, 1.165) is 49.8 Å². The molecule has 2 heterocycles. The van der Waals surface area contributed by atoms with Crippen molar-refractivity contribution in [1.82, 2.24) is 10.6 Å². The van der Waals surface area contributed by atoms with E-state index in [2.05, 4.69) is 29.7 Å². The SMILES string of the molecule is CC1CC1c1ccc(C2CC2C(=O)N[C@H]2CCCNC2)o1.Cl. The van der Waals surface area contributed by atoms with Crippen LogP contribution < -0.4 is 10.6 Å². The Labute approximate surface area is 137 Å². The fourth-order valence-corrected chi connectivity index (χ4v) is 3.57. The van der Waals surface area contributed by atoms with Crippen molar-refractivity contribution >= 4 is 18.3 Å². The van der Waals surface area contributed by atoms with E-state index in [0.29, 0.717) is 17.9 Å². The van der Waals surface area contributed by atoms with E-state index >= 15 is 0 Å². The number of hydrogen-bond acceptors (Lipinski definition) is 3. The summed E-state index contributed by atoms with van der Waals surface area (Å²) in [5, 5.41) is 6.52. The van der Waals surface area contributed by atoms with Crippen LogP contribution in [-0.4, -0.2) is 25.0 Å². The lowest BCUT2D eigenvalue weighted by Gasteiger charge is -2.23. The third kappa shape index (κ3) is 3.18. The molecule has 4 nitrogen and oxygen atoms in total. The number of amides is 1. The molecule has 5 atom stereocenters. The minimum Gasteiger partial charge on any atom is -0.465 e. The van der Waals surface area contributed by atoms with Crippen LogP contribution in [0.3, 0.4) is 0 Å². The summed E-state index contributed by atoms with van der Waals surface area (Å²) in [5.41, 5.74) is 0. The van der Waals surface area contributed by atoms with Crippen molar-refractivity contribution in [2.45, 2.75) is 50.5 Å². The van der Waals surface area contributed by atoms with E-state index in [1.165, 1.54) is 6.42 Å². The zero-order chi connectivity index (χ0) is 14.4. The molecule has 4 rings (SSSR count). The molecule has 1 amide bonds. The molecule has 3 aliphatic rings. The van der Waals surface area contributed by atoms with Crippen LogP contribution in [0.5, 0.6) is 0 Å². The van der Waals surface area contributed by atoms with Crippen LogP contribution in [0.1, 0.15) is 56.0 Å². The van der Waals surface area contributed by atoms with Gasteiger partial charge in [0.1, 0.15) is 11.5 Å². The lowest BCUT2D eigenvalue weighted by molar-refractivity contribution is -0.123. The van der Waals surface area contributed by atoms with E-state index in [1.54, 1.807) is 0 Å². The zero-order valence-electron chi connectivity index (χ0n) is 13.0. The van der Waals surface area contributed by atoms with E-state index in [9.17, 15) is 4.79 Å². The summed E-state index contributed by atoms with van der Waals surface area (Å²) in [6.45, 7) is 4.25. The lowest BCUT2D eigenvalue weighted by Crippen LogP contribution is -2.46. The van der Waals surface area contributed by atoms with Gasteiger partial charge in [0.25, 0.3) is 0 Å². The summed E-state index contributed by atoms with van der Waals surface area (Å²) < 4.78 is 5.98. The molecule has 0 spiro atoms. The van der Waals surface area contributed by atoms with Crippen LogP contribution in [-0.2, 0) is 4.79 Å². The van der Waals surface area contributed by atoms with Gasteiger partial charge in [-0.15, -0.1) is 12.4 Å². The first-order valence-corrected chi connectivity index (χ1v) is 8.33. The average Bonchev–Trinajstić information content (AvgIpc) is 3.39. The van der Waals surface area contributed by atoms with Gasteiger partial charge in [-0.1, -0.05) is 6.92 Å². The normalized spacial score (nSPS) is 36.3. The second kappa shape index (κ2) is 6.25. The Morgan fingerprint density at radius 1 is 1.27 bits per heavy atom. The molecule has 1 aromatic heterocycles. The molecule has 4 unspecified atom stereocenters. The third-order valence-corrected chi connectivity index (χ3v) is 5.26. The number of halogens is 1. The smallest absolute Gasteiger partial charge is 0.224 e. The second-order valence-electron chi connectivity index (χ2n) is 7.06. The number of rotatable bonds is 4. The van der Waals surface area contributed by atoms with Crippen LogP contribution in [0.4, 0.5) is 0 Å². The standard InChI is InChI=1S/C17H24N2O2.ClH/c1-10-7-12(10)15-4-5-16(21-15)13-8-14(13)17(20)19-11-3-2-6-18-9-11;/h4-5,10-14,18H,2-3,6-9H2,1H3,(H,19,20);1H/t10?,11-,12?,13?,14?;/m0./s1. The number of furan rings is 1. The maximum atomic E-state index is 12.3. The summed E-state index contributed by atoms with van der Waals surface area (Å²) >= 11 is 0. The maximum absolute atomic E-state index is 12.3. The van der Waals surface area contributed by atoms with Gasteiger partial charge in [-0.2, -0.15) is 0 Å². The monoisotopic (exact) mass is 324 g/mol. The summed E-state index contributed by atoms with van der Waals surface area (Å²) in [6, 6.07) is 4.51. The molecule has 0 bridgehead atoms. The zero-order valence-corrected chi connectivity index (χ0v) is 13.8. The summed E-state index contributed by atoms with van der Waals surface area (Å²) in [6.07, 6.45) is 4.44. The first kappa shape index (κ1) is 15.9. The van der Waals surface area contributed by atoms with E-state index in [4.69, 9.17) is 4.42 Å². The van der Waals surface area contributed by atoms with Gasteiger partial charge in [-0.25, -0.2) is 0 Å². The highest BCUT2D eigenvalue weighted by atomic mass is 35.5. The lowest BCUT2D eigenvalue weighted by atomic mass is 10.1. The van der Waals surface area contributed by atoms with Gasteiger partial charge in [-0.3, -0.25) is 4.79 Å². The number of carbonyl (C=O) groups excluding carboxylic acids is 1. The highest BCUT2D eigenvalue weighted by Crippen LogP contribution is 2.52. The summed E-state index contributed by atoms with van der Waals surface area (Å²) in [7, 11) is 0. The van der Waals surface area contributed by atoms with Gasteiger partial charge in [0.15, 0.2) is 0 Å². The molecule has 0 aromatic carbocycles. The van der Waals surface area contributed by atoms with Gasteiger partial charge in [0.05, 0.1) is 0 Å². The highest BCUT2D eigenvalue weighted by molar-refractivity contribution is 5.85. The van der Waals surface area contributed by atoms with Crippen LogP contribution in [0.25, 0.3) is 0 Å². The molecule has 0 radical (unpaired) electrons.